The number of halogens is 5. The summed E-state index contributed by atoms with van der Waals surface area (Å²) >= 11 is 0. The van der Waals surface area contributed by atoms with Crippen molar-refractivity contribution in [1.82, 2.24) is 19.3 Å². The average molecular weight is 526 g/mol. The lowest BCUT2D eigenvalue weighted by atomic mass is 10.0. The Hall–Kier alpha value is -3.32. The summed E-state index contributed by atoms with van der Waals surface area (Å²) < 4.78 is 92.7. The first-order valence-electron chi connectivity index (χ1n) is 10.7. The number of sulfonamides is 1. The molecule has 1 aromatic carbocycles. The minimum atomic E-state index is -4.53. The summed E-state index contributed by atoms with van der Waals surface area (Å²) in [5.41, 5.74) is -0.140. The number of hydrogen-bond donors (Lipinski definition) is 0. The van der Waals surface area contributed by atoms with Gasteiger partial charge in [-0.15, -0.1) is 0 Å². The van der Waals surface area contributed by atoms with Gasteiger partial charge in [-0.25, -0.2) is 27.2 Å². The van der Waals surface area contributed by atoms with Crippen LogP contribution in [0.4, 0.5) is 22.0 Å². The zero-order valence-corrected chi connectivity index (χ0v) is 19.3. The monoisotopic (exact) mass is 526 g/mol. The summed E-state index contributed by atoms with van der Waals surface area (Å²) in [6.45, 7) is -0.521. The Morgan fingerprint density at radius 1 is 1.06 bits per heavy atom. The SMILES string of the molecule is O=C(CCc1cc(-c2ccc(C(F)(F)F)cn2)ncn1)[C@@H]1C[C@@H](F)CN1S(=O)(=O)c1cccc(F)c1. The Balaban J connectivity index is 1.47. The number of Topliss-reactive ketones (excluding diaryl/α,β-unsaturated/α-hetero) is 1. The van der Waals surface area contributed by atoms with Crippen LogP contribution < -0.4 is 0 Å². The summed E-state index contributed by atoms with van der Waals surface area (Å²) in [7, 11) is -4.31. The van der Waals surface area contributed by atoms with Gasteiger partial charge in [-0.2, -0.15) is 17.5 Å². The molecule has 0 amide bonds. The number of pyridine rings is 1. The van der Waals surface area contributed by atoms with Gasteiger partial charge in [0.25, 0.3) is 0 Å². The van der Waals surface area contributed by atoms with Gasteiger partial charge < -0.3 is 0 Å². The lowest BCUT2D eigenvalue weighted by Crippen LogP contribution is -2.40. The molecule has 4 rings (SSSR count). The topological polar surface area (TPSA) is 93.1 Å². The van der Waals surface area contributed by atoms with E-state index in [9.17, 15) is 35.2 Å². The van der Waals surface area contributed by atoms with Crippen LogP contribution >= 0.6 is 0 Å². The molecule has 1 aliphatic rings. The van der Waals surface area contributed by atoms with Gasteiger partial charge in [0.05, 0.1) is 27.9 Å². The van der Waals surface area contributed by atoms with Crippen molar-refractivity contribution in [2.45, 2.75) is 42.5 Å². The van der Waals surface area contributed by atoms with Crippen molar-refractivity contribution in [3.05, 3.63) is 72.1 Å². The maximum absolute atomic E-state index is 14.2. The van der Waals surface area contributed by atoms with Crippen LogP contribution in [-0.2, 0) is 27.4 Å². The second-order valence-electron chi connectivity index (χ2n) is 8.17. The summed E-state index contributed by atoms with van der Waals surface area (Å²) in [6.07, 6.45) is -4.68. The number of rotatable bonds is 7. The smallest absolute Gasteiger partial charge is 0.298 e. The van der Waals surface area contributed by atoms with E-state index in [2.05, 4.69) is 15.0 Å². The van der Waals surface area contributed by atoms with Crippen LogP contribution in [0.1, 0.15) is 24.1 Å². The second-order valence-corrected chi connectivity index (χ2v) is 10.1. The molecule has 0 unspecified atom stereocenters. The van der Waals surface area contributed by atoms with E-state index < -0.39 is 52.1 Å². The minimum absolute atomic E-state index is 0.0519. The van der Waals surface area contributed by atoms with Gasteiger partial charge in [0, 0.05) is 31.3 Å². The predicted octanol–water partition coefficient (Wildman–Crippen LogP) is 4.00. The summed E-state index contributed by atoms with van der Waals surface area (Å²) in [5.74, 6) is -1.32. The van der Waals surface area contributed by atoms with Crippen molar-refractivity contribution in [2.75, 3.05) is 6.54 Å². The highest BCUT2D eigenvalue weighted by Crippen LogP contribution is 2.31. The fraction of sp³-hybridized carbons (Fsp3) is 0.304. The van der Waals surface area contributed by atoms with E-state index in [0.29, 0.717) is 11.9 Å². The van der Waals surface area contributed by atoms with E-state index >= 15 is 0 Å². The molecule has 3 aromatic rings. The van der Waals surface area contributed by atoms with Gasteiger partial charge in [-0.1, -0.05) is 6.07 Å². The van der Waals surface area contributed by atoms with Crippen LogP contribution in [0.25, 0.3) is 11.4 Å². The number of carbonyl (C=O) groups is 1. The maximum atomic E-state index is 14.2. The molecule has 190 valence electrons. The number of aryl methyl sites for hydroxylation is 1. The quantitative estimate of drug-likeness (QED) is 0.432. The molecule has 0 bridgehead atoms. The summed E-state index contributed by atoms with van der Waals surface area (Å²) in [5, 5.41) is 0. The molecular weight excluding hydrogens is 507 g/mol. The maximum Gasteiger partial charge on any atom is 0.417 e. The molecule has 0 radical (unpaired) electrons. The Morgan fingerprint density at radius 3 is 2.50 bits per heavy atom. The molecule has 0 aliphatic carbocycles. The molecule has 1 aliphatic heterocycles. The highest BCUT2D eigenvalue weighted by Gasteiger charge is 2.43. The van der Waals surface area contributed by atoms with E-state index in [-0.39, 0.29) is 35.5 Å². The summed E-state index contributed by atoms with van der Waals surface area (Å²) in [6, 6.07) is 6.48. The largest absolute Gasteiger partial charge is 0.417 e. The number of carbonyl (C=O) groups excluding carboxylic acids is 1. The molecule has 3 heterocycles. The highest BCUT2D eigenvalue weighted by molar-refractivity contribution is 7.89. The first-order valence-corrected chi connectivity index (χ1v) is 12.2. The fourth-order valence-corrected chi connectivity index (χ4v) is 5.56. The van der Waals surface area contributed by atoms with Crippen LogP contribution in [0.2, 0.25) is 0 Å². The van der Waals surface area contributed by atoms with Crippen LogP contribution in [0.15, 0.2) is 59.9 Å². The first-order chi connectivity index (χ1) is 16.9. The van der Waals surface area contributed by atoms with Gasteiger partial charge in [0.1, 0.15) is 18.3 Å². The third-order valence-electron chi connectivity index (χ3n) is 5.68. The van der Waals surface area contributed by atoms with Crippen molar-refractivity contribution in [3.8, 4) is 11.4 Å². The van der Waals surface area contributed by atoms with Gasteiger partial charge >= 0.3 is 6.18 Å². The fourth-order valence-electron chi connectivity index (χ4n) is 3.88. The first kappa shape index (κ1) is 25.8. The van der Waals surface area contributed by atoms with E-state index in [1.54, 1.807) is 0 Å². The van der Waals surface area contributed by atoms with E-state index in [1.807, 2.05) is 0 Å². The third kappa shape index (κ3) is 5.57. The number of nitrogens with zero attached hydrogens (tertiary/aromatic N) is 4. The van der Waals surface area contributed by atoms with E-state index in [0.717, 1.165) is 28.6 Å². The molecule has 0 saturated carbocycles. The number of benzene rings is 1. The lowest BCUT2D eigenvalue weighted by Gasteiger charge is -2.22. The molecule has 0 N–H and O–H groups in total. The molecule has 36 heavy (non-hydrogen) atoms. The Labute approximate surface area is 203 Å². The zero-order valence-electron chi connectivity index (χ0n) is 18.5. The molecule has 0 spiro atoms. The van der Waals surface area contributed by atoms with Gasteiger partial charge in [0.2, 0.25) is 10.0 Å². The van der Waals surface area contributed by atoms with Crippen molar-refractivity contribution in [1.29, 1.82) is 0 Å². The van der Waals surface area contributed by atoms with E-state index in [4.69, 9.17) is 0 Å². The third-order valence-corrected chi connectivity index (χ3v) is 7.55. The van der Waals surface area contributed by atoms with Crippen LogP contribution in [0.3, 0.4) is 0 Å². The lowest BCUT2D eigenvalue weighted by molar-refractivity contribution is -0.137. The van der Waals surface area contributed by atoms with Crippen molar-refractivity contribution < 1.29 is 35.2 Å². The van der Waals surface area contributed by atoms with Gasteiger partial charge in [-0.05, 0) is 42.8 Å². The summed E-state index contributed by atoms with van der Waals surface area (Å²) in [4.78, 5) is 24.3. The molecule has 2 aromatic heterocycles. The highest BCUT2D eigenvalue weighted by atomic mass is 32.2. The standard InChI is InChI=1S/C23H19F5N4O3S/c24-15-2-1-3-18(8-15)36(34,35)32-12-16(25)9-21(32)22(33)7-5-17-10-20(31-13-30-17)19-6-4-14(11-29-19)23(26,27)28/h1-4,6,8,10-11,13,16,21H,5,7,9,12H2/t16-,21+/m1/s1. The molecular formula is C23H19F5N4O3S. The average Bonchev–Trinajstić information content (AvgIpc) is 3.25. The Morgan fingerprint density at radius 2 is 1.83 bits per heavy atom. The Bertz CT molecular complexity index is 1370. The molecule has 1 fully saturated rings. The van der Waals surface area contributed by atoms with E-state index in [1.165, 1.54) is 24.5 Å². The number of aromatic nitrogens is 3. The number of alkyl halides is 4. The van der Waals surface area contributed by atoms with Crippen molar-refractivity contribution >= 4 is 15.8 Å². The number of ketones is 1. The van der Waals surface area contributed by atoms with Crippen LogP contribution in [-0.4, -0.2) is 52.2 Å². The Kier molecular flexibility index (Phi) is 7.14. The van der Waals surface area contributed by atoms with Crippen molar-refractivity contribution in [2.24, 2.45) is 0 Å². The van der Waals surface area contributed by atoms with Crippen LogP contribution in [0, 0.1) is 5.82 Å². The van der Waals surface area contributed by atoms with Gasteiger partial charge in [-0.3, -0.25) is 9.78 Å². The normalized spacial score (nSPS) is 18.9. The van der Waals surface area contributed by atoms with Crippen molar-refractivity contribution in [3.63, 3.8) is 0 Å². The predicted molar refractivity (Wildman–Crippen MR) is 117 cm³/mol. The molecule has 2 atom stereocenters. The number of hydrogen-bond acceptors (Lipinski definition) is 6. The molecule has 7 nitrogen and oxygen atoms in total. The van der Waals surface area contributed by atoms with Crippen LogP contribution in [0.5, 0.6) is 0 Å². The molecule has 1 saturated heterocycles. The molecule has 13 heteroatoms. The second kappa shape index (κ2) is 9.97. The minimum Gasteiger partial charge on any atom is -0.298 e. The van der Waals surface area contributed by atoms with Gasteiger partial charge in [0.15, 0.2) is 5.78 Å². The zero-order chi connectivity index (χ0) is 26.1.